The number of nitrogens with one attached hydrogen (secondary N) is 1. The lowest BCUT2D eigenvalue weighted by Crippen LogP contribution is -2.49. The molecule has 31 heavy (non-hydrogen) atoms. The molecule has 2 aromatic carbocycles. The number of carbonyl (C=O) groups excluding carboxylic acids is 1. The van der Waals surface area contributed by atoms with E-state index < -0.39 is 6.10 Å². The van der Waals surface area contributed by atoms with E-state index in [1.54, 1.807) is 7.11 Å². The van der Waals surface area contributed by atoms with Crippen LogP contribution in [0.25, 0.3) is 6.08 Å². The highest BCUT2D eigenvalue weighted by molar-refractivity contribution is 6.00. The van der Waals surface area contributed by atoms with Gasteiger partial charge < -0.3 is 20.1 Å². The van der Waals surface area contributed by atoms with E-state index >= 15 is 0 Å². The van der Waals surface area contributed by atoms with Gasteiger partial charge >= 0.3 is 0 Å². The number of para-hydroxylation sites is 2. The highest BCUT2D eigenvalue weighted by atomic mass is 16.5. The molecule has 1 saturated heterocycles. The van der Waals surface area contributed by atoms with Crippen molar-refractivity contribution in [2.75, 3.05) is 51.3 Å². The summed E-state index contributed by atoms with van der Waals surface area (Å²) in [4.78, 5) is 17.0. The van der Waals surface area contributed by atoms with Gasteiger partial charge in [-0.1, -0.05) is 36.4 Å². The Morgan fingerprint density at radius 1 is 1.10 bits per heavy atom. The van der Waals surface area contributed by atoms with Gasteiger partial charge in [-0.2, -0.15) is 0 Å². The van der Waals surface area contributed by atoms with Crippen LogP contribution >= 0.6 is 0 Å². The molecule has 1 fully saturated rings. The van der Waals surface area contributed by atoms with Crippen molar-refractivity contribution in [3.63, 3.8) is 0 Å². The van der Waals surface area contributed by atoms with E-state index in [0.29, 0.717) is 25.9 Å². The minimum atomic E-state index is -0.451. The number of carbonyl (C=O) groups is 1. The SMILES string of the molecule is COc1ccccc1N1CCN(CC(O)CCNC(=O)C2=Cc3ccccc3C2)CC1. The third-order valence-corrected chi connectivity index (χ3v) is 6.09. The zero-order valence-corrected chi connectivity index (χ0v) is 18.1. The number of rotatable bonds is 8. The summed E-state index contributed by atoms with van der Waals surface area (Å²) in [7, 11) is 1.70. The molecule has 1 aliphatic carbocycles. The number of fused-ring (bicyclic) bond motifs is 1. The first kappa shape index (κ1) is 21.4. The monoisotopic (exact) mass is 421 g/mol. The first-order valence-electron chi connectivity index (χ1n) is 11.0. The number of piperazine rings is 1. The Morgan fingerprint density at radius 3 is 2.61 bits per heavy atom. The zero-order valence-electron chi connectivity index (χ0n) is 18.1. The maximum absolute atomic E-state index is 12.4. The Morgan fingerprint density at radius 2 is 1.84 bits per heavy atom. The summed E-state index contributed by atoms with van der Waals surface area (Å²) in [5, 5.41) is 13.4. The summed E-state index contributed by atoms with van der Waals surface area (Å²) in [6, 6.07) is 16.2. The molecule has 2 N–H and O–H groups in total. The highest BCUT2D eigenvalue weighted by Gasteiger charge is 2.22. The first-order chi connectivity index (χ1) is 15.1. The van der Waals surface area contributed by atoms with Crippen molar-refractivity contribution in [3.8, 4) is 5.75 Å². The molecular weight excluding hydrogens is 390 g/mol. The lowest BCUT2D eigenvalue weighted by atomic mass is 10.1. The van der Waals surface area contributed by atoms with Crippen LogP contribution in [0.1, 0.15) is 17.5 Å². The van der Waals surface area contributed by atoms with Crippen molar-refractivity contribution in [2.24, 2.45) is 0 Å². The van der Waals surface area contributed by atoms with Crippen molar-refractivity contribution in [1.29, 1.82) is 0 Å². The van der Waals surface area contributed by atoms with Crippen LogP contribution in [-0.2, 0) is 11.2 Å². The Kier molecular flexibility index (Phi) is 6.89. The van der Waals surface area contributed by atoms with Crippen LogP contribution in [0.5, 0.6) is 5.75 Å². The molecule has 1 atom stereocenters. The fraction of sp³-hybridized carbons (Fsp3) is 0.400. The Hall–Kier alpha value is -2.83. The fourth-order valence-corrected chi connectivity index (χ4v) is 4.34. The minimum Gasteiger partial charge on any atom is -0.495 e. The Bertz CT molecular complexity index is 935. The van der Waals surface area contributed by atoms with Crippen molar-refractivity contribution < 1.29 is 14.6 Å². The van der Waals surface area contributed by atoms with Gasteiger partial charge in [-0.25, -0.2) is 0 Å². The largest absolute Gasteiger partial charge is 0.495 e. The Balaban J connectivity index is 1.17. The predicted molar refractivity (Wildman–Crippen MR) is 123 cm³/mol. The van der Waals surface area contributed by atoms with Gasteiger partial charge in [-0.3, -0.25) is 9.69 Å². The third kappa shape index (κ3) is 5.27. The molecule has 2 aromatic rings. The van der Waals surface area contributed by atoms with Gasteiger partial charge in [0.15, 0.2) is 0 Å². The van der Waals surface area contributed by atoms with Crippen LogP contribution in [0.15, 0.2) is 54.1 Å². The molecule has 0 spiro atoms. The summed E-state index contributed by atoms with van der Waals surface area (Å²) in [6.45, 7) is 4.70. The van der Waals surface area contributed by atoms with Gasteiger partial charge in [0.2, 0.25) is 5.91 Å². The molecule has 1 unspecified atom stereocenters. The average molecular weight is 422 g/mol. The van der Waals surface area contributed by atoms with E-state index in [-0.39, 0.29) is 5.91 Å². The van der Waals surface area contributed by atoms with Gasteiger partial charge in [0.25, 0.3) is 0 Å². The van der Waals surface area contributed by atoms with Crippen molar-refractivity contribution in [3.05, 3.63) is 65.2 Å². The molecule has 0 bridgehead atoms. The van der Waals surface area contributed by atoms with Gasteiger partial charge in [-0.15, -0.1) is 0 Å². The quantitative estimate of drug-likeness (QED) is 0.685. The summed E-state index contributed by atoms with van der Waals surface area (Å²) < 4.78 is 5.48. The van der Waals surface area contributed by atoms with Crippen LogP contribution in [0.4, 0.5) is 5.69 Å². The number of amides is 1. The maximum atomic E-state index is 12.4. The highest BCUT2D eigenvalue weighted by Crippen LogP contribution is 2.28. The lowest BCUT2D eigenvalue weighted by molar-refractivity contribution is -0.117. The van der Waals surface area contributed by atoms with E-state index in [1.807, 2.05) is 42.5 Å². The number of β-amino-alcohol motifs (C(OH)–C–C–N with tert-alkyl or cyclic N) is 1. The third-order valence-electron chi connectivity index (χ3n) is 6.09. The standard InChI is InChI=1S/C25H31N3O3/c1-31-24-9-5-4-8-23(24)28-14-12-27(13-15-28)18-22(29)10-11-26-25(30)21-16-19-6-2-3-7-20(19)17-21/h2-9,16,22,29H,10-15,17-18H2,1H3,(H,26,30). The van der Waals surface area contributed by atoms with E-state index in [4.69, 9.17) is 4.74 Å². The molecule has 2 aliphatic rings. The van der Waals surface area contributed by atoms with E-state index in [1.165, 1.54) is 5.56 Å². The second-order valence-electron chi connectivity index (χ2n) is 8.20. The molecule has 1 amide bonds. The first-order valence-corrected chi connectivity index (χ1v) is 11.0. The molecule has 4 rings (SSSR count). The normalized spacial score (nSPS) is 17.1. The number of benzene rings is 2. The van der Waals surface area contributed by atoms with Crippen LogP contribution in [0.3, 0.4) is 0 Å². The number of methoxy groups -OCH3 is 1. The number of hydrogen-bond donors (Lipinski definition) is 2. The van der Waals surface area contributed by atoms with Crippen LogP contribution in [0.2, 0.25) is 0 Å². The van der Waals surface area contributed by atoms with Crippen molar-refractivity contribution in [2.45, 2.75) is 18.9 Å². The van der Waals surface area contributed by atoms with Crippen LogP contribution in [0, 0.1) is 0 Å². The second-order valence-corrected chi connectivity index (χ2v) is 8.20. The summed E-state index contributed by atoms with van der Waals surface area (Å²) >= 11 is 0. The van der Waals surface area contributed by atoms with Crippen molar-refractivity contribution >= 4 is 17.7 Å². The smallest absolute Gasteiger partial charge is 0.247 e. The van der Waals surface area contributed by atoms with Gasteiger partial charge in [0.05, 0.1) is 18.9 Å². The van der Waals surface area contributed by atoms with Gasteiger partial charge in [-0.05, 0) is 35.8 Å². The summed E-state index contributed by atoms with van der Waals surface area (Å²) in [6.07, 6.45) is 2.75. The average Bonchev–Trinajstić information content (AvgIpc) is 3.24. The second kappa shape index (κ2) is 9.98. The summed E-state index contributed by atoms with van der Waals surface area (Å²) in [5.74, 6) is 0.862. The molecule has 0 aromatic heterocycles. The number of aliphatic hydroxyl groups excluding tert-OH is 1. The fourth-order valence-electron chi connectivity index (χ4n) is 4.34. The molecule has 1 aliphatic heterocycles. The van der Waals surface area contributed by atoms with E-state index in [0.717, 1.165) is 48.8 Å². The topological polar surface area (TPSA) is 65.0 Å². The van der Waals surface area contributed by atoms with Crippen molar-refractivity contribution in [1.82, 2.24) is 10.2 Å². The zero-order chi connectivity index (χ0) is 21.6. The van der Waals surface area contributed by atoms with E-state index in [9.17, 15) is 9.90 Å². The molecular formula is C25H31N3O3. The van der Waals surface area contributed by atoms with Crippen LogP contribution in [-0.4, -0.2) is 68.4 Å². The van der Waals surface area contributed by atoms with Gasteiger partial charge in [0.1, 0.15) is 5.75 Å². The minimum absolute atomic E-state index is 0.0335. The predicted octanol–water partition coefficient (Wildman–Crippen LogP) is 2.32. The van der Waals surface area contributed by atoms with Gasteiger partial charge in [0, 0.05) is 51.3 Å². The number of anilines is 1. The molecule has 164 valence electrons. The molecule has 0 saturated carbocycles. The molecule has 6 nitrogen and oxygen atoms in total. The number of ether oxygens (including phenoxy) is 1. The van der Waals surface area contributed by atoms with Crippen LogP contribution < -0.4 is 15.0 Å². The number of aliphatic hydroxyl groups is 1. The Labute approximate surface area is 184 Å². The van der Waals surface area contributed by atoms with E-state index in [2.05, 4.69) is 27.2 Å². The molecule has 0 radical (unpaired) electrons. The molecule has 1 heterocycles. The maximum Gasteiger partial charge on any atom is 0.247 e. The molecule has 6 heteroatoms. The number of hydrogen-bond acceptors (Lipinski definition) is 5. The lowest BCUT2D eigenvalue weighted by Gasteiger charge is -2.37. The number of nitrogens with zero attached hydrogens (tertiary/aromatic N) is 2. The summed E-state index contributed by atoms with van der Waals surface area (Å²) in [5.41, 5.74) is 4.24.